The Morgan fingerprint density at radius 3 is 2.52 bits per heavy atom. The SMILES string of the molecule is FC(F)(F)c1cc(C2CC2)n(CCc2noc(C3CCCCC3)n2)n1. The monoisotopic (exact) mass is 354 g/mol. The fourth-order valence-electron chi connectivity index (χ4n) is 3.55. The van der Waals surface area contributed by atoms with E-state index in [1.165, 1.54) is 30.0 Å². The van der Waals surface area contributed by atoms with Gasteiger partial charge in [-0.3, -0.25) is 4.68 Å². The van der Waals surface area contributed by atoms with Crippen LogP contribution in [-0.4, -0.2) is 19.9 Å². The summed E-state index contributed by atoms with van der Waals surface area (Å²) in [6.45, 7) is 0.339. The molecule has 2 saturated carbocycles. The van der Waals surface area contributed by atoms with Gasteiger partial charge < -0.3 is 4.52 Å². The lowest BCUT2D eigenvalue weighted by atomic mass is 9.89. The van der Waals surface area contributed by atoms with E-state index in [1.54, 1.807) is 0 Å². The van der Waals surface area contributed by atoms with Crippen LogP contribution in [0.1, 0.15) is 79.9 Å². The van der Waals surface area contributed by atoms with Crippen molar-refractivity contribution in [1.29, 1.82) is 0 Å². The number of nitrogens with zero attached hydrogens (tertiary/aromatic N) is 4. The van der Waals surface area contributed by atoms with E-state index in [9.17, 15) is 13.2 Å². The Balaban J connectivity index is 1.44. The topological polar surface area (TPSA) is 56.7 Å². The van der Waals surface area contributed by atoms with E-state index >= 15 is 0 Å². The van der Waals surface area contributed by atoms with Crippen LogP contribution in [0.4, 0.5) is 13.2 Å². The van der Waals surface area contributed by atoms with Crippen molar-refractivity contribution in [3.8, 4) is 0 Å². The summed E-state index contributed by atoms with van der Waals surface area (Å²) in [5, 5.41) is 7.76. The standard InChI is InChI=1S/C17H21F3N4O/c18-17(19,20)14-10-13(11-6-7-11)24(22-14)9-8-15-21-16(25-23-15)12-4-2-1-3-5-12/h10-12H,1-9H2. The van der Waals surface area contributed by atoms with E-state index in [2.05, 4.69) is 15.2 Å². The van der Waals surface area contributed by atoms with E-state index in [0.717, 1.165) is 25.7 Å². The number of aromatic nitrogens is 4. The molecule has 2 aromatic rings. The predicted octanol–water partition coefficient (Wildman–Crippen LogP) is 4.45. The van der Waals surface area contributed by atoms with Gasteiger partial charge in [-0.15, -0.1) is 0 Å². The van der Waals surface area contributed by atoms with Crippen LogP contribution >= 0.6 is 0 Å². The van der Waals surface area contributed by atoms with Gasteiger partial charge in [0.2, 0.25) is 5.89 Å². The first kappa shape index (κ1) is 16.6. The van der Waals surface area contributed by atoms with E-state index in [1.807, 2.05) is 0 Å². The molecule has 25 heavy (non-hydrogen) atoms. The molecule has 2 heterocycles. The Hall–Kier alpha value is -1.86. The number of rotatable bonds is 5. The average molecular weight is 354 g/mol. The molecule has 0 atom stereocenters. The van der Waals surface area contributed by atoms with Crippen LogP contribution in [0.25, 0.3) is 0 Å². The van der Waals surface area contributed by atoms with Crippen molar-refractivity contribution in [3.63, 3.8) is 0 Å². The Labute approximate surface area is 143 Å². The van der Waals surface area contributed by atoms with Gasteiger partial charge in [-0.1, -0.05) is 24.4 Å². The van der Waals surface area contributed by atoms with Gasteiger partial charge in [0.05, 0.1) is 0 Å². The first-order valence-corrected chi connectivity index (χ1v) is 8.98. The molecule has 0 N–H and O–H groups in total. The molecule has 8 heteroatoms. The van der Waals surface area contributed by atoms with Gasteiger partial charge in [0.15, 0.2) is 11.5 Å². The van der Waals surface area contributed by atoms with Crippen LogP contribution in [0.2, 0.25) is 0 Å². The Bertz CT molecular complexity index is 727. The summed E-state index contributed by atoms with van der Waals surface area (Å²) in [4.78, 5) is 4.45. The summed E-state index contributed by atoms with van der Waals surface area (Å²) >= 11 is 0. The molecular weight excluding hydrogens is 333 g/mol. The van der Waals surface area contributed by atoms with E-state index in [4.69, 9.17) is 4.52 Å². The Morgan fingerprint density at radius 2 is 1.84 bits per heavy atom. The van der Waals surface area contributed by atoms with Gasteiger partial charge in [0.25, 0.3) is 0 Å². The normalized spacial score (nSPS) is 19.5. The van der Waals surface area contributed by atoms with Gasteiger partial charge in [-0.05, 0) is 31.7 Å². The van der Waals surface area contributed by atoms with Crippen molar-refractivity contribution >= 4 is 0 Å². The highest BCUT2D eigenvalue weighted by Gasteiger charge is 2.37. The lowest BCUT2D eigenvalue weighted by Crippen LogP contribution is -2.11. The van der Waals surface area contributed by atoms with Crippen LogP contribution in [0.5, 0.6) is 0 Å². The predicted molar refractivity (Wildman–Crippen MR) is 83.0 cm³/mol. The van der Waals surface area contributed by atoms with Crippen molar-refractivity contribution in [2.75, 3.05) is 0 Å². The average Bonchev–Trinajstić information content (AvgIpc) is 3.16. The van der Waals surface area contributed by atoms with Gasteiger partial charge in [0.1, 0.15) is 0 Å². The highest BCUT2D eigenvalue weighted by molar-refractivity contribution is 5.21. The molecule has 2 aliphatic carbocycles. The molecule has 2 aromatic heterocycles. The summed E-state index contributed by atoms with van der Waals surface area (Å²) in [5.74, 6) is 1.75. The quantitative estimate of drug-likeness (QED) is 0.796. The second-order valence-electron chi connectivity index (χ2n) is 7.08. The highest BCUT2D eigenvalue weighted by Crippen LogP contribution is 2.42. The molecule has 4 rings (SSSR count). The van der Waals surface area contributed by atoms with Crippen molar-refractivity contribution in [3.05, 3.63) is 29.2 Å². The van der Waals surface area contributed by atoms with E-state index < -0.39 is 11.9 Å². The van der Waals surface area contributed by atoms with Gasteiger partial charge in [0, 0.05) is 30.5 Å². The zero-order valence-corrected chi connectivity index (χ0v) is 13.9. The molecule has 0 bridgehead atoms. The maximum absolute atomic E-state index is 12.9. The van der Waals surface area contributed by atoms with Crippen LogP contribution in [0.15, 0.2) is 10.6 Å². The molecular formula is C17H21F3N4O. The second-order valence-corrected chi connectivity index (χ2v) is 7.08. The zero-order chi connectivity index (χ0) is 17.4. The fraction of sp³-hybridized carbons (Fsp3) is 0.706. The zero-order valence-electron chi connectivity index (χ0n) is 13.9. The molecule has 0 aliphatic heterocycles. The van der Waals surface area contributed by atoms with Gasteiger partial charge >= 0.3 is 6.18 Å². The molecule has 0 aromatic carbocycles. The molecule has 0 spiro atoms. The third-order valence-corrected chi connectivity index (χ3v) is 5.08. The highest BCUT2D eigenvalue weighted by atomic mass is 19.4. The Morgan fingerprint density at radius 1 is 1.08 bits per heavy atom. The lowest BCUT2D eigenvalue weighted by molar-refractivity contribution is -0.141. The van der Waals surface area contributed by atoms with Gasteiger partial charge in [-0.2, -0.15) is 23.3 Å². The van der Waals surface area contributed by atoms with Crippen LogP contribution < -0.4 is 0 Å². The fourth-order valence-corrected chi connectivity index (χ4v) is 3.55. The smallest absolute Gasteiger partial charge is 0.339 e. The number of hydrogen-bond acceptors (Lipinski definition) is 4. The number of alkyl halides is 3. The lowest BCUT2D eigenvalue weighted by Gasteiger charge is -2.17. The first-order valence-electron chi connectivity index (χ1n) is 8.98. The maximum Gasteiger partial charge on any atom is 0.435 e. The number of hydrogen-bond donors (Lipinski definition) is 0. The minimum absolute atomic E-state index is 0.201. The number of halogens is 3. The summed E-state index contributed by atoms with van der Waals surface area (Å²) < 4.78 is 45.6. The first-order chi connectivity index (χ1) is 12.0. The van der Waals surface area contributed by atoms with E-state index in [0.29, 0.717) is 36.3 Å². The van der Waals surface area contributed by atoms with Crippen LogP contribution in [0.3, 0.4) is 0 Å². The third-order valence-electron chi connectivity index (χ3n) is 5.08. The largest absolute Gasteiger partial charge is 0.435 e. The van der Waals surface area contributed by atoms with E-state index in [-0.39, 0.29) is 5.92 Å². The molecule has 5 nitrogen and oxygen atoms in total. The third kappa shape index (κ3) is 3.72. The summed E-state index contributed by atoms with van der Waals surface area (Å²) in [5.41, 5.74) is -0.145. The molecule has 0 amide bonds. The summed E-state index contributed by atoms with van der Waals surface area (Å²) in [7, 11) is 0. The van der Waals surface area contributed by atoms with Crippen molar-refractivity contribution in [2.45, 2.75) is 75.9 Å². The van der Waals surface area contributed by atoms with Crippen molar-refractivity contribution in [1.82, 2.24) is 19.9 Å². The second kappa shape index (κ2) is 6.46. The van der Waals surface area contributed by atoms with Crippen molar-refractivity contribution in [2.24, 2.45) is 0 Å². The molecule has 2 aliphatic rings. The number of aryl methyl sites for hydroxylation is 2. The minimum atomic E-state index is -4.41. The minimum Gasteiger partial charge on any atom is -0.339 e. The summed E-state index contributed by atoms with van der Waals surface area (Å²) in [6.07, 6.45) is 3.63. The van der Waals surface area contributed by atoms with Crippen molar-refractivity contribution < 1.29 is 17.7 Å². The molecule has 136 valence electrons. The maximum atomic E-state index is 12.9. The van der Waals surface area contributed by atoms with Crippen LogP contribution in [0, 0.1) is 0 Å². The summed E-state index contributed by atoms with van der Waals surface area (Å²) in [6, 6.07) is 1.18. The van der Waals surface area contributed by atoms with Gasteiger partial charge in [-0.25, -0.2) is 0 Å². The van der Waals surface area contributed by atoms with Crippen LogP contribution in [-0.2, 0) is 19.1 Å². The Kier molecular flexibility index (Phi) is 4.29. The molecule has 2 fully saturated rings. The molecule has 0 radical (unpaired) electrons. The molecule has 0 unspecified atom stereocenters. The molecule has 0 saturated heterocycles.